The largest absolute Gasteiger partial charge is 0.310 e. The zero-order chi connectivity index (χ0) is 41.0. The van der Waals surface area contributed by atoms with Gasteiger partial charge in [0.05, 0.1) is 16.7 Å². The highest BCUT2D eigenvalue weighted by Gasteiger charge is 2.20. The van der Waals surface area contributed by atoms with Crippen molar-refractivity contribution in [1.29, 1.82) is 0 Å². The van der Waals surface area contributed by atoms with Crippen molar-refractivity contribution >= 4 is 71.2 Å². The number of anilines is 3. The lowest BCUT2D eigenvalue weighted by atomic mass is 9.93. The van der Waals surface area contributed by atoms with E-state index in [1.807, 2.05) is 0 Å². The molecule has 0 N–H and O–H groups in total. The molecule has 12 rings (SSSR count). The van der Waals surface area contributed by atoms with Gasteiger partial charge in [-0.05, 0) is 115 Å². The number of para-hydroxylation sites is 1. The first-order valence-electron chi connectivity index (χ1n) is 21.3. The highest BCUT2D eigenvalue weighted by Crippen LogP contribution is 2.45. The van der Waals surface area contributed by atoms with Crippen molar-refractivity contribution in [2.24, 2.45) is 0 Å². The summed E-state index contributed by atoms with van der Waals surface area (Å²) in [6.07, 6.45) is 0. The zero-order valence-corrected chi connectivity index (χ0v) is 34.0. The second-order valence-corrected chi connectivity index (χ2v) is 16.1. The Labute approximate surface area is 360 Å². The van der Waals surface area contributed by atoms with E-state index in [1.165, 1.54) is 81.9 Å². The van der Waals surface area contributed by atoms with Crippen LogP contribution in [0.25, 0.3) is 93.2 Å². The number of rotatable bonds is 7. The molecule has 0 aliphatic heterocycles. The normalized spacial score (nSPS) is 11.5. The molecule has 0 aliphatic rings. The molecule has 2 heteroatoms. The van der Waals surface area contributed by atoms with Crippen molar-refractivity contribution in [2.45, 2.75) is 0 Å². The molecular formula is C60H40N2. The van der Waals surface area contributed by atoms with E-state index >= 15 is 0 Å². The molecule has 0 saturated heterocycles. The van der Waals surface area contributed by atoms with Crippen LogP contribution in [0.15, 0.2) is 243 Å². The number of aromatic nitrogens is 1. The molecule has 0 saturated carbocycles. The first kappa shape index (κ1) is 35.7. The van der Waals surface area contributed by atoms with E-state index in [0.717, 1.165) is 28.3 Å². The van der Waals surface area contributed by atoms with E-state index < -0.39 is 0 Å². The highest BCUT2D eigenvalue weighted by atomic mass is 15.1. The number of fused-ring (bicyclic) bond motifs is 7. The molecule has 0 spiro atoms. The molecule has 0 radical (unpaired) electrons. The SMILES string of the molecule is c1ccc(-c2cccc(N(c3ccc(-c4cccc(-n5c6ccccc6c6c7ccccc7ccc65)c4)cc3)c3ccc(-c4cccc5ccccc45)c4ccccc34)c2)cc1. The molecule has 0 fully saturated rings. The molecule has 0 unspecified atom stereocenters. The molecule has 11 aromatic carbocycles. The highest BCUT2D eigenvalue weighted by molar-refractivity contribution is 6.21. The second kappa shape index (κ2) is 14.8. The van der Waals surface area contributed by atoms with E-state index in [9.17, 15) is 0 Å². The topological polar surface area (TPSA) is 8.17 Å². The van der Waals surface area contributed by atoms with Crippen molar-refractivity contribution in [3.63, 3.8) is 0 Å². The van der Waals surface area contributed by atoms with Gasteiger partial charge in [0.15, 0.2) is 0 Å². The summed E-state index contributed by atoms with van der Waals surface area (Å²) in [6, 6.07) is 88.4. The lowest BCUT2D eigenvalue weighted by Gasteiger charge is -2.28. The fraction of sp³-hybridized carbons (Fsp3) is 0. The van der Waals surface area contributed by atoms with Gasteiger partial charge < -0.3 is 9.47 Å². The summed E-state index contributed by atoms with van der Waals surface area (Å²) in [5, 5.41) is 10.0. The lowest BCUT2D eigenvalue weighted by Crippen LogP contribution is -2.10. The minimum Gasteiger partial charge on any atom is -0.310 e. The molecule has 1 heterocycles. The van der Waals surface area contributed by atoms with Crippen LogP contribution in [0, 0.1) is 0 Å². The van der Waals surface area contributed by atoms with Gasteiger partial charge in [-0.25, -0.2) is 0 Å². The predicted octanol–water partition coefficient (Wildman–Crippen LogP) is 16.7. The maximum absolute atomic E-state index is 2.42. The van der Waals surface area contributed by atoms with Gasteiger partial charge in [-0.2, -0.15) is 0 Å². The molecule has 0 aliphatic carbocycles. The quantitative estimate of drug-likeness (QED) is 0.156. The van der Waals surface area contributed by atoms with Crippen molar-refractivity contribution in [1.82, 2.24) is 4.57 Å². The van der Waals surface area contributed by atoms with Crippen LogP contribution in [0.2, 0.25) is 0 Å². The van der Waals surface area contributed by atoms with Crippen LogP contribution in [0.5, 0.6) is 0 Å². The molecule has 12 aromatic rings. The maximum Gasteiger partial charge on any atom is 0.0547 e. The molecule has 0 amide bonds. The Hall–Kier alpha value is -8.20. The maximum atomic E-state index is 2.42. The van der Waals surface area contributed by atoms with Crippen molar-refractivity contribution in [2.75, 3.05) is 4.90 Å². The van der Waals surface area contributed by atoms with Gasteiger partial charge in [0.25, 0.3) is 0 Å². The van der Waals surface area contributed by atoms with Gasteiger partial charge >= 0.3 is 0 Å². The first-order valence-corrected chi connectivity index (χ1v) is 21.3. The van der Waals surface area contributed by atoms with Gasteiger partial charge in [-0.1, -0.05) is 188 Å². The Morgan fingerprint density at radius 2 is 0.871 bits per heavy atom. The predicted molar refractivity (Wildman–Crippen MR) is 264 cm³/mol. The van der Waals surface area contributed by atoms with E-state index in [2.05, 4.69) is 252 Å². The van der Waals surface area contributed by atoms with Gasteiger partial charge in [0.1, 0.15) is 0 Å². The van der Waals surface area contributed by atoms with Crippen LogP contribution in [-0.4, -0.2) is 4.57 Å². The summed E-state index contributed by atoms with van der Waals surface area (Å²) < 4.78 is 2.42. The van der Waals surface area contributed by atoms with E-state index in [-0.39, 0.29) is 0 Å². The molecular weight excluding hydrogens is 749 g/mol. The minimum absolute atomic E-state index is 1.09. The Bertz CT molecular complexity index is 3630. The molecule has 290 valence electrons. The van der Waals surface area contributed by atoms with Crippen LogP contribution < -0.4 is 4.90 Å². The average Bonchev–Trinajstić information content (AvgIpc) is 3.70. The molecule has 2 nitrogen and oxygen atoms in total. The van der Waals surface area contributed by atoms with Gasteiger partial charge in [0.2, 0.25) is 0 Å². The number of hydrogen-bond donors (Lipinski definition) is 0. The molecule has 0 bridgehead atoms. The van der Waals surface area contributed by atoms with Crippen molar-refractivity contribution in [3.05, 3.63) is 243 Å². The van der Waals surface area contributed by atoms with E-state index in [1.54, 1.807) is 0 Å². The third-order valence-corrected chi connectivity index (χ3v) is 12.6. The summed E-state index contributed by atoms with van der Waals surface area (Å²) >= 11 is 0. The van der Waals surface area contributed by atoms with Crippen LogP contribution in [0.4, 0.5) is 17.1 Å². The zero-order valence-electron chi connectivity index (χ0n) is 34.0. The van der Waals surface area contributed by atoms with Crippen molar-refractivity contribution in [3.8, 4) is 39.1 Å². The Kier molecular flexibility index (Phi) is 8.53. The standard InChI is InChI=1S/C60H40N2/c1-2-15-41(16-3-1)45-20-12-22-48(39-45)61(58-38-36-54(53-26-8-9-27-55(53)58)52-29-14-19-43-17-4-6-24-50(43)52)47-34-31-42(32-35-47)46-21-13-23-49(40-46)62-57-30-11-10-28-56(57)60-51-25-7-5-18-44(51)33-37-59(60)62/h1-40H. The van der Waals surface area contributed by atoms with E-state index in [0.29, 0.717) is 0 Å². The minimum atomic E-state index is 1.09. The Balaban J connectivity index is 0.994. The van der Waals surface area contributed by atoms with Crippen LogP contribution >= 0.6 is 0 Å². The lowest BCUT2D eigenvalue weighted by molar-refractivity contribution is 1.18. The Morgan fingerprint density at radius 3 is 1.69 bits per heavy atom. The van der Waals surface area contributed by atoms with Gasteiger partial charge in [-0.3, -0.25) is 0 Å². The summed E-state index contributed by atoms with van der Waals surface area (Å²) in [6.45, 7) is 0. The van der Waals surface area contributed by atoms with Crippen LogP contribution in [0.1, 0.15) is 0 Å². The fourth-order valence-electron chi connectivity index (χ4n) is 9.70. The molecule has 62 heavy (non-hydrogen) atoms. The number of nitrogens with zero attached hydrogens (tertiary/aromatic N) is 2. The summed E-state index contributed by atoms with van der Waals surface area (Å²) in [7, 11) is 0. The third-order valence-electron chi connectivity index (χ3n) is 12.6. The Morgan fingerprint density at radius 1 is 0.290 bits per heavy atom. The van der Waals surface area contributed by atoms with Crippen LogP contribution in [-0.2, 0) is 0 Å². The smallest absolute Gasteiger partial charge is 0.0547 e. The second-order valence-electron chi connectivity index (χ2n) is 16.1. The summed E-state index contributed by atoms with van der Waals surface area (Å²) in [5.41, 5.74) is 14.1. The van der Waals surface area contributed by atoms with Gasteiger partial charge in [-0.15, -0.1) is 0 Å². The first-order chi connectivity index (χ1) is 30.8. The van der Waals surface area contributed by atoms with Gasteiger partial charge in [0, 0.05) is 33.2 Å². The molecule has 1 aromatic heterocycles. The van der Waals surface area contributed by atoms with Crippen LogP contribution in [0.3, 0.4) is 0 Å². The summed E-state index contributed by atoms with van der Waals surface area (Å²) in [5.74, 6) is 0. The van der Waals surface area contributed by atoms with Crippen molar-refractivity contribution < 1.29 is 0 Å². The third kappa shape index (κ3) is 5.96. The molecule has 0 atom stereocenters. The number of benzene rings is 11. The fourth-order valence-corrected chi connectivity index (χ4v) is 9.70. The monoisotopic (exact) mass is 788 g/mol. The summed E-state index contributed by atoms with van der Waals surface area (Å²) in [4.78, 5) is 2.42. The average molecular weight is 789 g/mol. The number of hydrogen-bond acceptors (Lipinski definition) is 1. The van der Waals surface area contributed by atoms with E-state index in [4.69, 9.17) is 0 Å².